The maximum Gasteiger partial charge on any atom is 0.186 e. The molecular weight excluding hydrogens is 144 g/mol. The Morgan fingerprint density at radius 1 is 1.38 bits per heavy atom. The van der Waals surface area contributed by atoms with Crippen LogP contribution in [0.4, 0.5) is 0 Å². The van der Waals surface area contributed by atoms with Gasteiger partial charge in [-0.15, -0.1) is 5.10 Å². The molecule has 0 fully saturated rings. The Kier molecular flexibility index (Phi) is 1.45. The number of nitrogens with zero attached hydrogens (tertiary/aromatic N) is 2. The van der Waals surface area contributed by atoms with Gasteiger partial charge in [0.1, 0.15) is 0 Å². The smallest absolute Gasteiger partial charge is 0.186 e. The zero-order valence-electron chi connectivity index (χ0n) is 3.71. The molecule has 42 valence electrons. The number of rotatable bonds is 0. The van der Waals surface area contributed by atoms with E-state index in [0.717, 1.165) is 0 Å². The van der Waals surface area contributed by atoms with Crippen LogP contribution in [0.25, 0.3) is 0 Å². The molecule has 8 heavy (non-hydrogen) atoms. The summed E-state index contributed by atoms with van der Waals surface area (Å²) in [6, 6.07) is 0. The van der Waals surface area contributed by atoms with Crippen LogP contribution in [0.15, 0.2) is 0 Å². The monoisotopic (exact) mass is 146 g/mol. The normalized spacial score (nSPS) is 9.00. The minimum absolute atomic E-state index is 0.318. The predicted octanol–water partition coefficient (Wildman–Crippen LogP) is 0.592. The van der Waals surface area contributed by atoms with E-state index in [-0.39, 0.29) is 0 Å². The lowest BCUT2D eigenvalue weighted by atomic mass is 10.9. The van der Waals surface area contributed by atoms with Gasteiger partial charge in [0.2, 0.25) is 0 Å². The lowest BCUT2D eigenvalue weighted by Gasteiger charge is -1.78. The second-order valence-electron chi connectivity index (χ2n) is 1.07. The SMILES string of the molecule is S=c1nn[nH][nH]c1=S. The van der Waals surface area contributed by atoms with Gasteiger partial charge in [0.15, 0.2) is 9.28 Å². The minimum Gasteiger partial charge on any atom is -0.271 e. The largest absolute Gasteiger partial charge is 0.271 e. The molecule has 0 amide bonds. The standard InChI is InChI=1S/C2H2N4S2/c7-1-2(8)4-6-5-3-1/h(H,3,6,7)(H,4,5,8). The average molecular weight is 146 g/mol. The first-order valence-corrected chi connectivity index (χ1v) is 2.62. The topological polar surface area (TPSA) is 57.4 Å². The molecule has 6 heteroatoms. The number of nitrogens with one attached hydrogen (secondary N) is 2. The molecule has 0 radical (unpaired) electrons. The fraction of sp³-hybridized carbons (Fsp3) is 0. The molecule has 0 unspecified atom stereocenters. The maximum absolute atomic E-state index is 4.66. The average Bonchev–Trinajstić information content (AvgIpc) is 1.77. The van der Waals surface area contributed by atoms with Gasteiger partial charge >= 0.3 is 0 Å². The number of H-pyrrole nitrogens is 2. The predicted molar refractivity (Wildman–Crippen MR) is 32.4 cm³/mol. The quantitative estimate of drug-likeness (QED) is 0.526. The van der Waals surface area contributed by atoms with Crippen LogP contribution in [0.2, 0.25) is 0 Å². The van der Waals surface area contributed by atoms with Crippen LogP contribution in [0.3, 0.4) is 0 Å². The molecule has 1 aromatic rings. The number of hydrogen-bond donors (Lipinski definition) is 2. The molecule has 1 rings (SSSR count). The summed E-state index contributed by atoms with van der Waals surface area (Å²) in [6.07, 6.45) is 0. The van der Waals surface area contributed by atoms with E-state index in [4.69, 9.17) is 0 Å². The van der Waals surface area contributed by atoms with Crippen LogP contribution < -0.4 is 0 Å². The first kappa shape index (κ1) is 5.52. The van der Waals surface area contributed by atoms with E-state index >= 15 is 0 Å². The summed E-state index contributed by atoms with van der Waals surface area (Å²) in [6.45, 7) is 0. The Morgan fingerprint density at radius 3 is 2.50 bits per heavy atom. The van der Waals surface area contributed by atoms with Crippen molar-refractivity contribution in [1.82, 2.24) is 20.6 Å². The fourth-order valence-corrected chi connectivity index (χ4v) is 0.423. The summed E-state index contributed by atoms with van der Waals surface area (Å²) in [5.74, 6) is 0. The van der Waals surface area contributed by atoms with Crippen molar-refractivity contribution in [2.75, 3.05) is 0 Å². The lowest BCUT2D eigenvalue weighted by molar-refractivity contribution is 0.746. The molecule has 0 aromatic carbocycles. The van der Waals surface area contributed by atoms with Crippen molar-refractivity contribution in [2.24, 2.45) is 0 Å². The Morgan fingerprint density at radius 2 is 2.12 bits per heavy atom. The molecule has 2 N–H and O–H groups in total. The molecule has 0 saturated carbocycles. The molecule has 0 aliphatic heterocycles. The fourth-order valence-electron chi connectivity index (χ4n) is 0.245. The Hall–Kier alpha value is -0.620. The highest BCUT2D eigenvalue weighted by Gasteiger charge is 1.77. The molecular formula is C2H2N4S2. The molecule has 0 aliphatic rings. The van der Waals surface area contributed by atoms with Crippen LogP contribution in [0.5, 0.6) is 0 Å². The van der Waals surface area contributed by atoms with E-state index < -0.39 is 0 Å². The van der Waals surface area contributed by atoms with Crippen LogP contribution in [-0.2, 0) is 0 Å². The summed E-state index contributed by atoms with van der Waals surface area (Å²) < 4.78 is 0.730. The molecule has 0 saturated heterocycles. The van der Waals surface area contributed by atoms with Crippen molar-refractivity contribution in [2.45, 2.75) is 0 Å². The van der Waals surface area contributed by atoms with Crippen molar-refractivity contribution < 1.29 is 0 Å². The second-order valence-corrected chi connectivity index (χ2v) is 1.87. The zero-order chi connectivity index (χ0) is 5.98. The first-order chi connectivity index (χ1) is 3.80. The Labute approximate surface area is 54.9 Å². The van der Waals surface area contributed by atoms with Crippen molar-refractivity contribution in [3.8, 4) is 0 Å². The summed E-state index contributed by atoms with van der Waals surface area (Å²) in [5.41, 5.74) is 0. The van der Waals surface area contributed by atoms with E-state index in [1.165, 1.54) is 0 Å². The van der Waals surface area contributed by atoms with Crippen molar-refractivity contribution in [1.29, 1.82) is 0 Å². The highest BCUT2D eigenvalue weighted by molar-refractivity contribution is 7.73. The van der Waals surface area contributed by atoms with Gasteiger partial charge in [-0.25, -0.2) is 5.21 Å². The van der Waals surface area contributed by atoms with Crippen molar-refractivity contribution in [3.63, 3.8) is 0 Å². The van der Waals surface area contributed by atoms with Gasteiger partial charge in [-0.1, -0.05) is 29.6 Å². The Balaban J connectivity index is 3.59. The van der Waals surface area contributed by atoms with Crippen molar-refractivity contribution in [3.05, 3.63) is 9.28 Å². The summed E-state index contributed by atoms with van der Waals surface area (Å²) in [5, 5.41) is 11.7. The summed E-state index contributed by atoms with van der Waals surface area (Å²) in [7, 11) is 0. The summed E-state index contributed by atoms with van der Waals surface area (Å²) in [4.78, 5) is 0. The molecule has 0 spiro atoms. The van der Waals surface area contributed by atoms with Crippen molar-refractivity contribution >= 4 is 24.4 Å². The van der Waals surface area contributed by atoms with Crippen LogP contribution in [0.1, 0.15) is 0 Å². The van der Waals surface area contributed by atoms with Gasteiger partial charge in [0, 0.05) is 0 Å². The van der Waals surface area contributed by atoms with Crippen LogP contribution in [0, 0.1) is 9.28 Å². The lowest BCUT2D eigenvalue weighted by Crippen LogP contribution is -1.90. The van der Waals surface area contributed by atoms with E-state index in [9.17, 15) is 0 Å². The van der Waals surface area contributed by atoms with E-state index in [2.05, 4.69) is 45.1 Å². The highest BCUT2D eigenvalue weighted by atomic mass is 32.1. The van der Waals surface area contributed by atoms with Crippen LogP contribution >= 0.6 is 24.4 Å². The van der Waals surface area contributed by atoms with Gasteiger partial charge in [-0.05, 0) is 0 Å². The second kappa shape index (κ2) is 2.10. The number of aromatic amines is 2. The number of aromatic nitrogens is 4. The van der Waals surface area contributed by atoms with Gasteiger partial charge in [0.25, 0.3) is 0 Å². The molecule has 0 atom stereocenters. The molecule has 1 aromatic heterocycles. The molecule has 1 heterocycles. The molecule has 0 bridgehead atoms. The van der Waals surface area contributed by atoms with E-state index in [0.29, 0.717) is 9.28 Å². The Bertz CT molecular complexity index is 243. The van der Waals surface area contributed by atoms with Gasteiger partial charge < -0.3 is 0 Å². The zero-order valence-corrected chi connectivity index (χ0v) is 5.34. The third-order valence-corrected chi connectivity index (χ3v) is 1.26. The first-order valence-electron chi connectivity index (χ1n) is 1.81. The third-order valence-electron chi connectivity index (χ3n) is 0.555. The van der Waals surface area contributed by atoms with Crippen LogP contribution in [-0.4, -0.2) is 20.6 Å². The summed E-state index contributed by atoms with van der Waals surface area (Å²) >= 11 is 9.28. The minimum atomic E-state index is 0.318. The number of hydrogen-bond acceptors (Lipinski definition) is 4. The van der Waals surface area contributed by atoms with Gasteiger partial charge in [-0.3, -0.25) is 5.10 Å². The van der Waals surface area contributed by atoms with Gasteiger partial charge in [0.05, 0.1) is 0 Å². The van der Waals surface area contributed by atoms with E-state index in [1.807, 2.05) is 0 Å². The maximum atomic E-state index is 4.66. The van der Waals surface area contributed by atoms with Gasteiger partial charge in [-0.2, -0.15) is 0 Å². The molecule has 0 aliphatic carbocycles. The highest BCUT2D eigenvalue weighted by Crippen LogP contribution is 1.77. The van der Waals surface area contributed by atoms with E-state index in [1.54, 1.807) is 0 Å². The molecule has 4 nitrogen and oxygen atoms in total. The third kappa shape index (κ3) is 0.958.